The van der Waals surface area contributed by atoms with Crippen molar-refractivity contribution < 1.29 is 41.0 Å². The monoisotopic (exact) mass is 297 g/mol. The molecular weight excluding hydrogens is 284 g/mol. The third-order valence-corrected chi connectivity index (χ3v) is 1.92. The van der Waals surface area contributed by atoms with Gasteiger partial charge in [-0.3, -0.25) is 4.79 Å². The molecule has 19 heavy (non-hydrogen) atoms. The summed E-state index contributed by atoms with van der Waals surface area (Å²) in [6.07, 6.45) is -11.3. The van der Waals surface area contributed by atoms with E-state index >= 15 is 0 Å². The number of halogens is 6. The molecule has 0 aromatic rings. The summed E-state index contributed by atoms with van der Waals surface area (Å²) in [5, 5.41) is 9.87. The fourth-order valence-corrected chi connectivity index (χ4v) is 1.14. The number of carbonyl (C=O) groups is 1. The normalized spacial score (nSPS) is 12.8. The summed E-state index contributed by atoms with van der Waals surface area (Å²) in [4.78, 5) is 10.9. The molecule has 0 aliphatic carbocycles. The Balaban J connectivity index is 4.22. The van der Waals surface area contributed by atoms with Gasteiger partial charge in [-0.2, -0.15) is 26.3 Å². The molecule has 0 unspecified atom stereocenters. The van der Waals surface area contributed by atoms with Crippen molar-refractivity contribution >= 4 is 5.91 Å². The van der Waals surface area contributed by atoms with Crippen molar-refractivity contribution in [3.05, 3.63) is 0 Å². The minimum Gasteiger partial charge on any atom is -0.394 e. The molecule has 0 atom stereocenters. The minimum atomic E-state index is -5.68. The largest absolute Gasteiger partial charge is 0.409 e. The van der Waals surface area contributed by atoms with E-state index in [-0.39, 0.29) is 32.8 Å². The van der Waals surface area contributed by atoms with Gasteiger partial charge in [0.05, 0.1) is 13.2 Å². The van der Waals surface area contributed by atoms with Gasteiger partial charge in [-0.05, 0) is 6.42 Å². The number of nitrogens with one attached hydrogen (secondary N) is 1. The second-order valence-corrected chi connectivity index (χ2v) is 3.50. The van der Waals surface area contributed by atoms with Crippen LogP contribution in [0.2, 0.25) is 0 Å². The Morgan fingerprint density at radius 1 is 1.11 bits per heavy atom. The predicted octanol–water partition coefficient (Wildman–Crippen LogP) is 1.24. The molecule has 0 spiro atoms. The number of carbonyl (C=O) groups excluding carboxylic acids is 1. The van der Waals surface area contributed by atoms with Crippen LogP contribution in [0.3, 0.4) is 0 Å². The summed E-state index contributed by atoms with van der Waals surface area (Å²) in [6.45, 7) is -0.630. The van der Waals surface area contributed by atoms with Crippen molar-refractivity contribution in [2.75, 3.05) is 26.4 Å². The van der Waals surface area contributed by atoms with Crippen molar-refractivity contribution in [3.63, 3.8) is 0 Å². The summed E-state index contributed by atoms with van der Waals surface area (Å²) in [5.41, 5.74) is 0. The molecule has 0 aliphatic heterocycles. The fourth-order valence-electron chi connectivity index (χ4n) is 1.14. The molecule has 114 valence electrons. The van der Waals surface area contributed by atoms with Gasteiger partial charge in [0, 0.05) is 13.2 Å². The first kappa shape index (κ1) is 18.0. The average Bonchev–Trinajstić information content (AvgIpc) is 2.18. The maximum Gasteiger partial charge on any atom is 0.409 e. The van der Waals surface area contributed by atoms with Crippen LogP contribution in [0.1, 0.15) is 6.42 Å². The number of hydrogen-bond acceptors (Lipinski definition) is 3. The maximum absolute atomic E-state index is 12.1. The zero-order valence-electron chi connectivity index (χ0n) is 9.64. The van der Waals surface area contributed by atoms with Gasteiger partial charge in [-0.15, -0.1) is 0 Å². The number of alkyl halides is 6. The quantitative estimate of drug-likeness (QED) is 0.549. The van der Waals surface area contributed by atoms with E-state index in [9.17, 15) is 31.1 Å². The molecule has 0 radical (unpaired) electrons. The summed E-state index contributed by atoms with van der Waals surface area (Å²) in [5.74, 6) is -6.17. The van der Waals surface area contributed by atoms with Crippen LogP contribution in [0.15, 0.2) is 0 Å². The zero-order valence-corrected chi connectivity index (χ0v) is 9.64. The first-order chi connectivity index (χ1) is 8.60. The lowest BCUT2D eigenvalue weighted by Gasteiger charge is -2.21. The van der Waals surface area contributed by atoms with Gasteiger partial charge in [-0.1, -0.05) is 0 Å². The lowest BCUT2D eigenvalue weighted by Crippen LogP contribution is -2.48. The second kappa shape index (κ2) is 7.53. The molecule has 0 heterocycles. The zero-order chi connectivity index (χ0) is 15.1. The van der Waals surface area contributed by atoms with Gasteiger partial charge in [0.1, 0.15) is 0 Å². The van der Waals surface area contributed by atoms with Crippen LogP contribution in [0.25, 0.3) is 0 Å². The van der Waals surface area contributed by atoms with E-state index in [0.717, 1.165) is 0 Å². The topological polar surface area (TPSA) is 58.6 Å². The minimum absolute atomic E-state index is 0.00166. The summed E-state index contributed by atoms with van der Waals surface area (Å²) < 4.78 is 77.4. The van der Waals surface area contributed by atoms with Crippen LogP contribution in [-0.4, -0.2) is 49.7 Å². The van der Waals surface area contributed by atoms with E-state index in [1.54, 1.807) is 5.32 Å². The number of aliphatic hydroxyl groups excluding tert-OH is 1. The average molecular weight is 297 g/mol. The molecule has 0 aliphatic rings. The molecule has 0 saturated heterocycles. The van der Waals surface area contributed by atoms with Gasteiger partial charge in [0.2, 0.25) is 11.8 Å². The summed E-state index contributed by atoms with van der Waals surface area (Å²) in [7, 11) is 0. The Hall–Kier alpha value is -1.03. The van der Waals surface area contributed by atoms with Gasteiger partial charge < -0.3 is 15.2 Å². The SMILES string of the molecule is O=C(NCCCOCCO)C(C(F)(F)F)C(F)(F)F. The highest BCUT2D eigenvalue weighted by Gasteiger charge is 2.60. The fraction of sp³-hybridized carbons (Fsp3) is 0.889. The molecule has 0 fully saturated rings. The lowest BCUT2D eigenvalue weighted by atomic mass is 10.1. The molecular formula is C9H13F6NO3. The lowest BCUT2D eigenvalue weighted by molar-refractivity contribution is -0.274. The van der Waals surface area contributed by atoms with E-state index in [4.69, 9.17) is 9.84 Å². The van der Waals surface area contributed by atoms with E-state index in [2.05, 4.69) is 0 Å². The van der Waals surface area contributed by atoms with Gasteiger partial charge in [-0.25, -0.2) is 0 Å². The highest BCUT2D eigenvalue weighted by atomic mass is 19.4. The Bertz CT molecular complexity index is 264. The molecule has 0 saturated carbocycles. The van der Waals surface area contributed by atoms with Crippen molar-refractivity contribution in [2.24, 2.45) is 5.92 Å². The van der Waals surface area contributed by atoms with Gasteiger partial charge in [0.25, 0.3) is 0 Å². The first-order valence-corrected chi connectivity index (χ1v) is 5.20. The highest BCUT2D eigenvalue weighted by molar-refractivity contribution is 5.80. The summed E-state index contributed by atoms with van der Waals surface area (Å²) in [6, 6.07) is 0. The second-order valence-electron chi connectivity index (χ2n) is 3.50. The molecule has 0 aromatic carbocycles. The van der Waals surface area contributed by atoms with Crippen molar-refractivity contribution in [1.29, 1.82) is 0 Å². The number of aliphatic hydroxyl groups is 1. The van der Waals surface area contributed by atoms with E-state index < -0.39 is 24.2 Å². The third kappa shape index (κ3) is 7.21. The molecule has 10 heteroatoms. The Labute approximate surface area is 104 Å². The van der Waals surface area contributed by atoms with Crippen LogP contribution in [0.4, 0.5) is 26.3 Å². The molecule has 4 nitrogen and oxygen atoms in total. The maximum atomic E-state index is 12.1. The number of rotatable bonds is 7. The van der Waals surface area contributed by atoms with E-state index in [0.29, 0.717) is 0 Å². The van der Waals surface area contributed by atoms with Crippen LogP contribution in [0.5, 0.6) is 0 Å². The first-order valence-electron chi connectivity index (χ1n) is 5.20. The Morgan fingerprint density at radius 3 is 2.05 bits per heavy atom. The van der Waals surface area contributed by atoms with Crippen molar-refractivity contribution in [1.82, 2.24) is 5.32 Å². The van der Waals surface area contributed by atoms with E-state index in [1.807, 2.05) is 0 Å². The van der Waals surface area contributed by atoms with Crippen molar-refractivity contribution in [2.45, 2.75) is 18.8 Å². The van der Waals surface area contributed by atoms with Gasteiger partial charge in [0.15, 0.2) is 0 Å². The van der Waals surface area contributed by atoms with E-state index in [1.165, 1.54) is 0 Å². The van der Waals surface area contributed by atoms with Crippen LogP contribution in [-0.2, 0) is 9.53 Å². The third-order valence-electron chi connectivity index (χ3n) is 1.92. The standard InChI is InChI=1S/C9H13F6NO3/c10-8(11,12)6(9(13,14)15)7(18)16-2-1-4-19-5-3-17/h6,17H,1-5H2,(H,16,18). The number of amides is 1. The summed E-state index contributed by atoms with van der Waals surface area (Å²) >= 11 is 0. The Morgan fingerprint density at radius 2 is 1.63 bits per heavy atom. The van der Waals surface area contributed by atoms with Crippen LogP contribution >= 0.6 is 0 Å². The Kier molecular flexibility index (Phi) is 7.12. The molecule has 1 amide bonds. The molecule has 0 aromatic heterocycles. The predicted molar refractivity (Wildman–Crippen MR) is 51.1 cm³/mol. The number of hydrogen-bond donors (Lipinski definition) is 2. The molecule has 0 rings (SSSR count). The number of ether oxygens (including phenoxy) is 1. The van der Waals surface area contributed by atoms with Gasteiger partial charge >= 0.3 is 12.4 Å². The smallest absolute Gasteiger partial charge is 0.394 e. The van der Waals surface area contributed by atoms with Crippen LogP contribution in [0, 0.1) is 5.92 Å². The van der Waals surface area contributed by atoms with Crippen molar-refractivity contribution in [3.8, 4) is 0 Å². The van der Waals surface area contributed by atoms with Crippen LogP contribution < -0.4 is 5.32 Å². The highest BCUT2D eigenvalue weighted by Crippen LogP contribution is 2.39. The molecule has 2 N–H and O–H groups in total. The molecule has 0 bridgehead atoms.